The molecule has 0 aliphatic carbocycles. The van der Waals surface area contributed by atoms with E-state index in [4.69, 9.17) is 37.9 Å². The number of esters is 2. The molecule has 2 N–H and O–H groups in total. The summed E-state index contributed by atoms with van der Waals surface area (Å²) in [6.07, 6.45) is 0.230. The highest BCUT2D eigenvalue weighted by atomic mass is 32.2. The third kappa shape index (κ3) is 5.60. The molecule has 310 valence electrons. The zero-order valence-corrected chi connectivity index (χ0v) is 35.0. The molecule has 14 nitrogen and oxygen atoms in total. The van der Waals surface area contributed by atoms with Gasteiger partial charge in [-0.3, -0.25) is 19.9 Å². The molecule has 0 amide bonds. The van der Waals surface area contributed by atoms with Gasteiger partial charge in [-0.15, -0.1) is 11.8 Å². The van der Waals surface area contributed by atoms with Gasteiger partial charge in [-0.1, -0.05) is 6.07 Å². The second-order valence-electron chi connectivity index (χ2n) is 15.8. The lowest BCUT2D eigenvalue weighted by molar-refractivity contribution is -0.186. The Balaban J connectivity index is 1.31. The molecule has 7 heterocycles. The van der Waals surface area contributed by atoms with Gasteiger partial charge in [0.1, 0.15) is 18.6 Å². The van der Waals surface area contributed by atoms with Gasteiger partial charge >= 0.3 is 11.9 Å². The van der Waals surface area contributed by atoms with Crippen molar-refractivity contribution in [2.75, 3.05) is 60.2 Å². The number of carbonyl (C=O) groups excluding carboxylic acids is 2. The van der Waals surface area contributed by atoms with Crippen LogP contribution in [0.1, 0.15) is 82.6 Å². The number of hydrogen-bond donors (Lipinski definition) is 2. The predicted octanol–water partition coefficient (Wildman–Crippen LogP) is 4.80. The van der Waals surface area contributed by atoms with Crippen LogP contribution in [0.4, 0.5) is 0 Å². The van der Waals surface area contributed by atoms with E-state index < -0.39 is 41.0 Å². The summed E-state index contributed by atoms with van der Waals surface area (Å²) in [5.41, 5.74) is 5.53. The largest absolute Gasteiger partial charge is 0.493 e. The molecule has 2 fully saturated rings. The number of nitrogens with one attached hydrogen (secondary N) is 1. The van der Waals surface area contributed by atoms with Crippen LogP contribution >= 0.6 is 11.8 Å². The number of methoxy groups -OCH3 is 2. The molecule has 15 heteroatoms. The Labute approximate surface area is 342 Å². The average Bonchev–Trinajstić information content (AvgIpc) is 3.70. The number of benzene rings is 3. The number of nitrogens with zero attached hydrogens (tertiary/aromatic N) is 2. The Morgan fingerprint density at radius 3 is 2.47 bits per heavy atom. The summed E-state index contributed by atoms with van der Waals surface area (Å²) in [6.45, 7) is 10.4. The maximum absolute atomic E-state index is 14.9. The second kappa shape index (κ2) is 14.7. The zero-order chi connectivity index (χ0) is 40.8. The molecule has 0 aromatic heterocycles. The fourth-order valence-electron chi connectivity index (χ4n) is 10.5. The van der Waals surface area contributed by atoms with Crippen LogP contribution in [0, 0.1) is 13.8 Å². The van der Waals surface area contributed by atoms with E-state index in [0.29, 0.717) is 84.0 Å². The first kappa shape index (κ1) is 39.1. The highest BCUT2D eigenvalue weighted by Gasteiger charge is 2.61. The smallest absolute Gasteiger partial charge is 0.331 e. The number of hydrogen-bond acceptors (Lipinski definition) is 15. The Kier molecular flexibility index (Phi) is 9.90. The summed E-state index contributed by atoms with van der Waals surface area (Å²) in [5, 5.41) is 15.8. The van der Waals surface area contributed by atoms with Gasteiger partial charge in [0, 0.05) is 47.5 Å². The minimum absolute atomic E-state index is 0.0317. The number of piperazine rings is 1. The Morgan fingerprint density at radius 1 is 0.966 bits per heavy atom. The average molecular weight is 818 g/mol. The number of aliphatic hydroxyl groups excluding tert-OH is 1. The van der Waals surface area contributed by atoms with Gasteiger partial charge < -0.3 is 43.0 Å². The van der Waals surface area contributed by atoms with Gasteiger partial charge in [0.25, 0.3) is 0 Å². The van der Waals surface area contributed by atoms with Gasteiger partial charge in [-0.05, 0) is 82.0 Å². The van der Waals surface area contributed by atoms with Crippen LogP contribution in [0.3, 0.4) is 0 Å². The van der Waals surface area contributed by atoms with E-state index in [1.165, 1.54) is 6.92 Å². The van der Waals surface area contributed by atoms with E-state index in [1.807, 2.05) is 39.8 Å². The molecule has 1 unspecified atom stereocenters. The number of fused-ring (bicyclic) bond motifs is 9. The fraction of sp³-hybridized carbons (Fsp3) is 0.535. The van der Waals surface area contributed by atoms with Crippen LogP contribution in [-0.2, 0) is 32.7 Å². The molecule has 3 aromatic rings. The molecule has 10 rings (SSSR count). The first-order chi connectivity index (χ1) is 28.0. The zero-order valence-electron chi connectivity index (χ0n) is 34.2. The van der Waals surface area contributed by atoms with Gasteiger partial charge in [0.15, 0.2) is 40.0 Å². The molecule has 4 bridgehead atoms. The summed E-state index contributed by atoms with van der Waals surface area (Å²) < 4.78 is 49.4. The highest BCUT2D eigenvalue weighted by Crippen LogP contribution is 2.64. The Bertz CT molecular complexity index is 2200. The van der Waals surface area contributed by atoms with Crippen LogP contribution in [0.2, 0.25) is 0 Å². The molecule has 1 spiro atoms. The topological polar surface area (TPSA) is 147 Å². The van der Waals surface area contributed by atoms with E-state index in [9.17, 15) is 14.7 Å². The first-order valence-electron chi connectivity index (χ1n) is 20.0. The van der Waals surface area contributed by atoms with Crippen molar-refractivity contribution in [2.24, 2.45) is 0 Å². The van der Waals surface area contributed by atoms with Crippen molar-refractivity contribution in [1.29, 1.82) is 0 Å². The molecule has 58 heavy (non-hydrogen) atoms. The molecular formula is C43H51N3O11S. The standard InChI is InChI=1S/C43H51N3O11S/c1-9-52-29-15-23-11-12-44-43(25(23)16-28(29)50-7)18-58-40-32-31(39-37(55-19-56-39)21(4)36(32)57-22(5)47)27(17-54-42(43)49)46-34(40)33-30-24(14-26(41(46)48)45(33)6)13-20(3)35(51-8)38(30)53-10-2/h13,15-16,26-27,33-34,40-41,44,48H,9-12,14,17-19H2,1-8H3/t26-,27-,33-,34?,40-,41+,43-/m1/s1. The highest BCUT2D eigenvalue weighted by molar-refractivity contribution is 7.99. The Hall–Kier alpha value is -4.41. The number of aliphatic hydroxyl groups is 1. The molecule has 2 saturated heterocycles. The van der Waals surface area contributed by atoms with E-state index in [1.54, 1.807) is 26.0 Å². The number of rotatable bonds is 7. The summed E-state index contributed by atoms with van der Waals surface area (Å²) in [4.78, 5) is 32.3. The number of likely N-dealkylation sites (N-methyl/N-ethyl adjacent to an activating group) is 1. The Morgan fingerprint density at radius 2 is 1.74 bits per heavy atom. The predicted molar refractivity (Wildman–Crippen MR) is 214 cm³/mol. The molecule has 0 saturated carbocycles. The van der Waals surface area contributed by atoms with Crippen LogP contribution in [0.15, 0.2) is 18.2 Å². The molecular weight excluding hydrogens is 767 g/mol. The quantitative estimate of drug-likeness (QED) is 0.249. The van der Waals surface area contributed by atoms with E-state index >= 15 is 0 Å². The molecule has 0 radical (unpaired) electrons. The lowest BCUT2D eigenvalue weighted by Crippen LogP contribution is -2.70. The molecule has 7 atom stereocenters. The van der Waals surface area contributed by atoms with Gasteiger partial charge in [0.05, 0.1) is 50.8 Å². The second-order valence-corrected chi connectivity index (χ2v) is 16.9. The van der Waals surface area contributed by atoms with Crippen molar-refractivity contribution in [3.8, 4) is 40.2 Å². The van der Waals surface area contributed by atoms with Crippen molar-refractivity contribution in [1.82, 2.24) is 15.1 Å². The SMILES string of the molecule is CCOc1cc2c(cc1OC)[C@@]1(CS[C@@H]3c4c(OC(C)=O)c(C)c5c(c4[C@@H](COC1=O)N1C3[C@H]3c4c(cc(C)c(OC)c4OCC)C[C@H]([C@@H]1O)N3C)OCO5)NCC2. The molecule has 3 aromatic carbocycles. The van der Waals surface area contributed by atoms with E-state index in [2.05, 4.69) is 28.2 Å². The number of ether oxygens (including phenoxy) is 8. The number of carbonyl (C=O) groups is 2. The normalized spacial score (nSPS) is 28.1. The lowest BCUT2D eigenvalue weighted by Gasteiger charge is -2.62. The third-order valence-electron chi connectivity index (χ3n) is 12.8. The summed E-state index contributed by atoms with van der Waals surface area (Å²) >= 11 is 1.56. The van der Waals surface area contributed by atoms with Crippen LogP contribution < -0.4 is 38.5 Å². The number of aryl methyl sites for hydroxylation is 1. The van der Waals surface area contributed by atoms with Gasteiger partial charge in [0.2, 0.25) is 6.79 Å². The maximum Gasteiger partial charge on any atom is 0.331 e. The maximum atomic E-state index is 14.9. The minimum Gasteiger partial charge on any atom is -0.493 e. The van der Waals surface area contributed by atoms with E-state index in [0.717, 1.165) is 33.4 Å². The van der Waals surface area contributed by atoms with Crippen LogP contribution in [0.5, 0.6) is 40.2 Å². The first-order valence-corrected chi connectivity index (χ1v) is 21.1. The van der Waals surface area contributed by atoms with Gasteiger partial charge in [-0.2, -0.15) is 0 Å². The van der Waals surface area contributed by atoms with Crippen molar-refractivity contribution < 1.29 is 52.6 Å². The van der Waals surface area contributed by atoms with Crippen LogP contribution in [-0.4, -0.2) is 105 Å². The summed E-state index contributed by atoms with van der Waals surface area (Å²) in [7, 11) is 5.31. The van der Waals surface area contributed by atoms with Crippen molar-refractivity contribution >= 4 is 23.7 Å². The van der Waals surface area contributed by atoms with Crippen LogP contribution in [0.25, 0.3) is 0 Å². The monoisotopic (exact) mass is 817 g/mol. The number of thioether (sulfide) groups is 1. The van der Waals surface area contributed by atoms with Gasteiger partial charge in [-0.25, -0.2) is 4.79 Å². The fourth-order valence-corrected chi connectivity index (χ4v) is 12.2. The third-order valence-corrected chi connectivity index (χ3v) is 14.3. The summed E-state index contributed by atoms with van der Waals surface area (Å²) in [5.74, 6) is 3.13. The summed E-state index contributed by atoms with van der Waals surface area (Å²) in [6, 6.07) is 4.17. The molecule has 7 aliphatic heterocycles. The minimum atomic E-state index is -1.28. The van der Waals surface area contributed by atoms with E-state index in [-0.39, 0.29) is 31.2 Å². The lowest BCUT2D eigenvalue weighted by atomic mass is 9.73. The van der Waals surface area contributed by atoms with Crippen molar-refractivity contribution in [3.63, 3.8) is 0 Å². The molecule has 7 aliphatic rings. The van der Waals surface area contributed by atoms with Crippen molar-refractivity contribution in [2.45, 2.75) is 88.6 Å². The van der Waals surface area contributed by atoms with Crippen molar-refractivity contribution in [3.05, 3.63) is 62.7 Å².